The molecule has 68 heavy (non-hydrogen) atoms. The fraction of sp³-hybridized carbons (Fsp3) is 0. The summed E-state index contributed by atoms with van der Waals surface area (Å²) in [7, 11) is 0. The van der Waals surface area contributed by atoms with Crippen LogP contribution in [0.3, 0.4) is 0 Å². The monoisotopic (exact) mass is 864 g/mol. The van der Waals surface area contributed by atoms with Crippen LogP contribution in [0, 0.1) is 0 Å². The molecule has 0 saturated heterocycles. The Morgan fingerprint density at radius 2 is 0.647 bits per heavy atom. The van der Waals surface area contributed by atoms with Gasteiger partial charge >= 0.3 is 0 Å². The lowest BCUT2D eigenvalue weighted by Gasteiger charge is -2.14. The lowest BCUT2D eigenvalue weighted by Crippen LogP contribution is -1.97. The minimum Gasteiger partial charge on any atom is -0.309 e. The van der Waals surface area contributed by atoms with E-state index in [0.717, 1.165) is 50.5 Å². The molecule has 0 aliphatic heterocycles. The number of fused-ring (bicyclic) bond motifs is 12. The highest BCUT2D eigenvalue weighted by Gasteiger charge is 2.19. The van der Waals surface area contributed by atoms with E-state index >= 15 is 0 Å². The Morgan fingerprint density at radius 3 is 1.22 bits per heavy atom. The topological polar surface area (TPSA) is 35.6 Å². The highest BCUT2D eigenvalue weighted by atomic mass is 15.0. The molecule has 0 fully saturated rings. The third-order valence-electron chi connectivity index (χ3n) is 13.9. The lowest BCUT2D eigenvalue weighted by atomic mass is 9.94. The van der Waals surface area contributed by atoms with Crippen molar-refractivity contribution in [1.82, 2.24) is 19.1 Å². The summed E-state index contributed by atoms with van der Waals surface area (Å²) >= 11 is 0. The normalized spacial score (nSPS) is 11.8. The van der Waals surface area contributed by atoms with E-state index < -0.39 is 0 Å². The van der Waals surface area contributed by atoms with Gasteiger partial charge in [0.15, 0.2) is 5.82 Å². The van der Waals surface area contributed by atoms with Crippen LogP contribution in [0.15, 0.2) is 243 Å². The molecule has 0 aliphatic rings. The van der Waals surface area contributed by atoms with E-state index in [1.54, 1.807) is 0 Å². The third-order valence-corrected chi connectivity index (χ3v) is 13.9. The third kappa shape index (κ3) is 6.01. The van der Waals surface area contributed by atoms with Gasteiger partial charge < -0.3 is 9.13 Å². The average molecular weight is 865 g/mol. The maximum absolute atomic E-state index is 5.16. The predicted molar refractivity (Wildman–Crippen MR) is 285 cm³/mol. The molecular formula is C64H40N4. The van der Waals surface area contributed by atoms with Gasteiger partial charge in [-0.15, -0.1) is 0 Å². The van der Waals surface area contributed by atoms with E-state index in [1.807, 2.05) is 24.3 Å². The Balaban J connectivity index is 0.892. The quantitative estimate of drug-likeness (QED) is 0.156. The molecule has 11 aromatic carbocycles. The molecule has 3 aromatic heterocycles. The number of para-hydroxylation sites is 2. The molecule has 0 aliphatic carbocycles. The number of nitrogens with zero attached hydrogens (tertiary/aromatic N) is 4. The van der Waals surface area contributed by atoms with Crippen molar-refractivity contribution in [3.63, 3.8) is 0 Å². The fourth-order valence-electron chi connectivity index (χ4n) is 10.8. The molecule has 0 saturated carbocycles. The van der Waals surface area contributed by atoms with Crippen LogP contribution < -0.4 is 0 Å². The summed E-state index contributed by atoms with van der Waals surface area (Å²) < 4.78 is 4.83. The highest BCUT2D eigenvalue weighted by molar-refractivity contribution is 6.25. The molecular weight excluding hydrogens is 825 g/mol. The zero-order valence-electron chi connectivity index (χ0n) is 36.9. The van der Waals surface area contributed by atoms with Gasteiger partial charge in [0, 0.05) is 49.6 Å². The first-order valence-electron chi connectivity index (χ1n) is 23.2. The van der Waals surface area contributed by atoms with Crippen LogP contribution in [0.5, 0.6) is 0 Å². The molecule has 0 N–H and O–H groups in total. The molecule has 4 nitrogen and oxygen atoms in total. The summed E-state index contributed by atoms with van der Waals surface area (Å²) in [6, 6.07) is 87.6. The molecule has 0 atom stereocenters. The smallest absolute Gasteiger partial charge is 0.160 e. The molecule has 316 valence electrons. The zero-order chi connectivity index (χ0) is 44.7. The van der Waals surface area contributed by atoms with Gasteiger partial charge in [-0.25, -0.2) is 9.97 Å². The largest absolute Gasteiger partial charge is 0.309 e. The Labute approximate surface area is 392 Å². The molecule has 14 aromatic rings. The summed E-state index contributed by atoms with van der Waals surface area (Å²) in [5.74, 6) is 0.704. The summed E-state index contributed by atoms with van der Waals surface area (Å²) in [4.78, 5) is 10.2. The van der Waals surface area contributed by atoms with Gasteiger partial charge in [-0.3, -0.25) is 0 Å². The number of hydrogen-bond acceptors (Lipinski definition) is 2. The van der Waals surface area contributed by atoms with Crippen molar-refractivity contribution in [2.24, 2.45) is 0 Å². The Morgan fingerprint density at radius 1 is 0.221 bits per heavy atom. The van der Waals surface area contributed by atoms with E-state index in [2.05, 4.69) is 228 Å². The van der Waals surface area contributed by atoms with E-state index in [4.69, 9.17) is 9.97 Å². The first-order chi connectivity index (χ1) is 33.7. The minimum absolute atomic E-state index is 0.704. The SMILES string of the molecule is c1ccc(-c2cc(-c3cccc(-n4c5ccccc5c5cc(-c6ccc7c(c6)c6ccccc6n7-c6ccc7c8ccccc8c8ccccc8c7c6)ccc54)c3)nc(-c3ccccc3)n2)cc1. The molecule has 0 unspecified atom stereocenters. The van der Waals surface area contributed by atoms with Crippen LogP contribution in [0.4, 0.5) is 0 Å². The number of aromatic nitrogens is 4. The summed E-state index contributed by atoms with van der Waals surface area (Å²) in [6.45, 7) is 0. The highest BCUT2D eigenvalue weighted by Crippen LogP contribution is 2.41. The van der Waals surface area contributed by atoms with Crippen molar-refractivity contribution in [3.8, 4) is 56.4 Å². The van der Waals surface area contributed by atoms with Gasteiger partial charge in [0.05, 0.1) is 33.5 Å². The molecule has 0 radical (unpaired) electrons. The predicted octanol–water partition coefficient (Wildman–Crippen LogP) is 16.8. The minimum atomic E-state index is 0.704. The zero-order valence-corrected chi connectivity index (χ0v) is 36.9. The first kappa shape index (κ1) is 38.2. The molecule has 0 amide bonds. The van der Waals surface area contributed by atoms with Crippen molar-refractivity contribution in [2.75, 3.05) is 0 Å². The fourth-order valence-corrected chi connectivity index (χ4v) is 10.8. The van der Waals surface area contributed by atoms with Crippen LogP contribution in [-0.2, 0) is 0 Å². The van der Waals surface area contributed by atoms with Gasteiger partial charge in [-0.2, -0.15) is 0 Å². The van der Waals surface area contributed by atoms with E-state index in [0.29, 0.717) is 5.82 Å². The second kappa shape index (κ2) is 15.2. The van der Waals surface area contributed by atoms with Crippen molar-refractivity contribution in [1.29, 1.82) is 0 Å². The van der Waals surface area contributed by atoms with Gasteiger partial charge in [-0.05, 0) is 110 Å². The standard InChI is InChI=1S/C64H40N4/c1-3-16-41(17-4-1)58-40-59(66-64(65-58)42-18-5-2-6-19-42)45-20-15-21-46(36-45)67-60-28-13-11-26-53(60)56-37-43(30-34-62(56)67)44-31-35-63-57(38-44)54-27-12-14-29-61(54)68(63)47-32-33-52-50-24-8-7-22-48(50)49-23-9-10-25-51(49)55(52)39-47/h1-40H. The molecule has 0 spiro atoms. The summed E-state index contributed by atoms with van der Waals surface area (Å²) in [5.41, 5.74) is 14.1. The van der Waals surface area contributed by atoms with E-state index in [1.165, 1.54) is 76.0 Å². The lowest BCUT2D eigenvalue weighted by molar-refractivity contribution is 1.16. The second-order valence-electron chi connectivity index (χ2n) is 17.7. The van der Waals surface area contributed by atoms with Gasteiger partial charge in [0.25, 0.3) is 0 Å². The van der Waals surface area contributed by atoms with E-state index in [-0.39, 0.29) is 0 Å². The number of hydrogen-bond donors (Lipinski definition) is 0. The van der Waals surface area contributed by atoms with Gasteiger partial charge in [0.1, 0.15) is 0 Å². The summed E-state index contributed by atoms with van der Waals surface area (Å²) in [6.07, 6.45) is 0. The van der Waals surface area contributed by atoms with Crippen molar-refractivity contribution in [2.45, 2.75) is 0 Å². The second-order valence-corrected chi connectivity index (χ2v) is 17.7. The number of benzene rings is 11. The maximum atomic E-state index is 5.16. The van der Waals surface area contributed by atoms with Crippen LogP contribution in [0.1, 0.15) is 0 Å². The van der Waals surface area contributed by atoms with Gasteiger partial charge in [0.2, 0.25) is 0 Å². The number of rotatable bonds is 6. The van der Waals surface area contributed by atoms with E-state index in [9.17, 15) is 0 Å². The van der Waals surface area contributed by atoms with Crippen LogP contribution in [0.2, 0.25) is 0 Å². The van der Waals surface area contributed by atoms with Gasteiger partial charge in [-0.1, -0.05) is 176 Å². The molecule has 0 bridgehead atoms. The maximum Gasteiger partial charge on any atom is 0.160 e. The van der Waals surface area contributed by atoms with Crippen molar-refractivity contribution < 1.29 is 0 Å². The summed E-state index contributed by atoms with van der Waals surface area (Å²) in [5, 5.41) is 12.6. The Bertz CT molecular complexity index is 4220. The van der Waals surface area contributed by atoms with Crippen LogP contribution in [0.25, 0.3) is 132 Å². The van der Waals surface area contributed by atoms with Crippen molar-refractivity contribution in [3.05, 3.63) is 243 Å². The molecule has 14 rings (SSSR count). The molecule has 4 heteroatoms. The average Bonchev–Trinajstić information content (AvgIpc) is 3.93. The Kier molecular flexibility index (Phi) is 8.55. The first-order valence-corrected chi connectivity index (χ1v) is 23.2. The van der Waals surface area contributed by atoms with Crippen molar-refractivity contribution >= 4 is 75.9 Å². The van der Waals surface area contributed by atoms with Crippen LogP contribution in [-0.4, -0.2) is 19.1 Å². The Hall–Kier alpha value is -9.12. The molecule has 3 heterocycles. The van der Waals surface area contributed by atoms with Crippen LogP contribution >= 0.6 is 0 Å².